The van der Waals surface area contributed by atoms with Crippen LogP contribution in [-0.4, -0.2) is 4.98 Å². The summed E-state index contributed by atoms with van der Waals surface area (Å²) in [5.41, 5.74) is 9.39. The SMILES string of the molecule is Cc1ncsc1C1(N)CCCCC1. The molecule has 1 aromatic heterocycles. The summed E-state index contributed by atoms with van der Waals surface area (Å²) in [6.07, 6.45) is 6.16. The van der Waals surface area contributed by atoms with Crippen LogP contribution in [0.15, 0.2) is 5.51 Å². The second kappa shape index (κ2) is 3.39. The summed E-state index contributed by atoms with van der Waals surface area (Å²) in [6, 6.07) is 0. The minimum atomic E-state index is -0.0521. The second-order valence-electron chi connectivity index (χ2n) is 3.98. The van der Waals surface area contributed by atoms with E-state index in [1.54, 1.807) is 11.3 Å². The molecule has 2 nitrogen and oxygen atoms in total. The fraction of sp³-hybridized carbons (Fsp3) is 0.700. The molecule has 0 unspecified atom stereocenters. The lowest BCUT2D eigenvalue weighted by atomic mass is 9.81. The molecule has 2 N–H and O–H groups in total. The van der Waals surface area contributed by atoms with Crippen molar-refractivity contribution < 1.29 is 0 Å². The van der Waals surface area contributed by atoms with Crippen molar-refractivity contribution in [2.75, 3.05) is 0 Å². The van der Waals surface area contributed by atoms with Gasteiger partial charge in [0.2, 0.25) is 0 Å². The Hall–Kier alpha value is -0.410. The molecule has 0 amide bonds. The van der Waals surface area contributed by atoms with Crippen molar-refractivity contribution in [3.63, 3.8) is 0 Å². The Morgan fingerprint density at radius 2 is 2.08 bits per heavy atom. The van der Waals surface area contributed by atoms with Gasteiger partial charge in [0.25, 0.3) is 0 Å². The Morgan fingerprint density at radius 1 is 1.38 bits per heavy atom. The third-order valence-corrected chi connectivity index (χ3v) is 4.09. The van der Waals surface area contributed by atoms with Crippen LogP contribution in [0.25, 0.3) is 0 Å². The van der Waals surface area contributed by atoms with Crippen molar-refractivity contribution in [2.24, 2.45) is 5.73 Å². The van der Waals surface area contributed by atoms with Gasteiger partial charge in [0.1, 0.15) is 0 Å². The van der Waals surface area contributed by atoms with Gasteiger partial charge in [0.05, 0.1) is 16.7 Å². The normalized spacial score (nSPS) is 21.7. The quantitative estimate of drug-likeness (QED) is 0.749. The molecule has 0 saturated heterocycles. The number of hydrogen-bond donors (Lipinski definition) is 1. The number of hydrogen-bond acceptors (Lipinski definition) is 3. The van der Waals surface area contributed by atoms with Gasteiger partial charge in [0, 0.05) is 4.88 Å². The van der Waals surface area contributed by atoms with E-state index < -0.39 is 0 Å². The van der Waals surface area contributed by atoms with Crippen LogP contribution in [0.2, 0.25) is 0 Å². The standard InChI is InChI=1S/C10H16N2S/c1-8-9(13-7-12-8)10(11)5-3-2-4-6-10/h7H,2-6,11H2,1H3. The second-order valence-corrected chi connectivity index (χ2v) is 4.84. The third kappa shape index (κ3) is 1.63. The molecule has 1 aliphatic carbocycles. The van der Waals surface area contributed by atoms with Crippen LogP contribution in [0.1, 0.15) is 42.7 Å². The van der Waals surface area contributed by atoms with Crippen LogP contribution in [-0.2, 0) is 5.54 Å². The first-order chi connectivity index (χ1) is 6.22. The van der Waals surface area contributed by atoms with Crippen LogP contribution < -0.4 is 5.73 Å². The lowest BCUT2D eigenvalue weighted by Gasteiger charge is -2.32. The van der Waals surface area contributed by atoms with E-state index in [2.05, 4.69) is 11.9 Å². The zero-order valence-electron chi connectivity index (χ0n) is 8.05. The van der Waals surface area contributed by atoms with E-state index >= 15 is 0 Å². The number of thiazole rings is 1. The smallest absolute Gasteiger partial charge is 0.0798 e. The molecule has 1 heterocycles. The first kappa shape index (κ1) is 9.16. The monoisotopic (exact) mass is 196 g/mol. The highest BCUT2D eigenvalue weighted by molar-refractivity contribution is 7.09. The van der Waals surface area contributed by atoms with Crippen molar-refractivity contribution in [3.05, 3.63) is 16.1 Å². The van der Waals surface area contributed by atoms with Crippen molar-refractivity contribution in [2.45, 2.75) is 44.6 Å². The summed E-state index contributed by atoms with van der Waals surface area (Å²) in [7, 11) is 0. The highest BCUT2D eigenvalue weighted by atomic mass is 32.1. The summed E-state index contributed by atoms with van der Waals surface area (Å²) in [5, 5.41) is 0. The summed E-state index contributed by atoms with van der Waals surface area (Å²) in [6.45, 7) is 2.06. The molecule has 0 bridgehead atoms. The summed E-state index contributed by atoms with van der Waals surface area (Å²) >= 11 is 1.72. The van der Waals surface area contributed by atoms with Gasteiger partial charge in [-0.05, 0) is 19.8 Å². The Kier molecular flexibility index (Phi) is 2.39. The van der Waals surface area contributed by atoms with Crippen LogP contribution >= 0.6 is 11.3 Å². The summed E-state index contributed by atoms with van der Waals surface area (Å²) in [4.78, 5) is 5.59. The van der Waals surface area contributed by atoms with E-state index in [0.29, 0.717) is 0 Å². The average molecular weight is 196 g/mol. The predicted molar refractivity (Wildman–Crippen MR) is 55.8 cm³/mol. The number of aromatic nitrogens is 1. The Morgan fingerprint density at radius 3 is 2.62 bits per heavy atom. The van der Waals surface area contributed by atoms with Crippen molar-refractivity contribution in [3.8, 4) is 0 Å². The molecular formula is C10H16N2S. The molecule has 0 spiro atoms. The molecule has 1 fully saturated rings. The summed E-state index contributed by atoms with van der Waals surface area (Å²) < 4.78 is 0. The van der Waals surface area contributed by atoms with Gasteiger partial charge in [-0.1, -0.05) is 19.3 Å². The van der Waals surface area contributed by atoms with Gasteiger partial charge in [-0.3, -0.25) is 0 Å². The van der Waals surface area contributed by atoms with Gasteiger partial charge >= 0.3 is 0 Å². The highest BCUT2D eigenvalue weighted by Gasteiger charge is 2.32. The average Bonchev–Trinajstić information content (AvgIpc) is 2.53. The Balaban J connectivity index is 2.27. The van der Waals surface area contributed by atoms with E-state index in [1.807, 2.05) is 5.51 Å². The van der Waals surface area contributed by atoms with E-state index in [1.165, 1.54) is 24.1 Å². The molecule has 0 aliphatic heterocycles. The zero-order chi connectivity index (χ0) is 9.31. The van der Waals surface area contributed by atoms with Crippen LogP contribution in [0.4, 0.5) is 0 Å². The van der Waals surface area contributed by atoms with Gasteiger partial charge in [0.15, 0.2) is 0 Å². The minimum Gasteiger partial charge on any atom is -0.321 e. The van der Waals surface area contributed by atoms with Gasteiger partial charge in [-0.15, -0.1) is 11.3 Å². The van der Waals surface area contributed by atoms with Crippen LogP contribution in [0.3, 0.4) is 0 Å². The first-order valence-corrected chi connectivity index (χ1v) is 5.80. The maximum absolute atomic E-state index is 6.40. The zero-order valence-corrected chi connectivity index (χ0v) is 8.86. The fourth-order valence-electron chi connectivity index (χ4n) is 2.19. The third-order valence-electron chi connectivity index (χ3n) is 2.94. The molecule has 1 aliphatic rings. The number of nitrogens with zero attached hydrogens (tertiary/aromatic N) is 1. The van der Waals surface area contributed by atoms with Crippen molar-refractivity contribution in [1.82, 2.24) is 4.98 Å². The number of rotatable bonds is 1. The van der Waals surface area contributed by atoms with Crippen molar-refractivity contribution >= 4 is 11.3 Å². The first-order valence-electron chi connectivity index (χ1n) is 4.92. The van der Waals surface area contributed by atoms with Crippen molar-refractivity contribution in [1.29, 1.82) is 0 Å². The maximum Gasteiger partial charge on any atom is 0.0798 e. The Bertz CT molecular complexity index is 287. The fourth-order valence-corrected chi connectivity index (χ4v) is 3.17. The van der Waals surface area contributed by atoms with Gasteiger partial charge in [-0.25, -0.2) is 4.98 Å². The van der Waals surface area contributed by atoms with E-state index in [0.717, 1.165) is 18.5 Å². The summed E-state index contributed by atoms with van der Waals surface area (Å²) in [5.74, 6) is 0. The molecule has 13 heavy (non-hydrogen) atoms. The van der Waals surface area contributed by atoms with E-state index in [-0.39, 0.29) is 5.54 Å². The molecule has 0 radical (unpaired) electrons. The molecule has 1 aromatic rings. The number of nitrogens with two attached hydrogens (primary N) is 1. The molecule has 72 valence electrons. The molecule has 0 atom stereocenters. The Labute approximate surface area is 83.2 Å². The van der Waals surface area contributed by atoms with E-state index in [4.69, 9.17) is 5.73 Å². The van der Waals surface area contributed by atoms with E-state index in [9.17, 15) is 0 Å². The van der Waals surface area contributed by atoms with Crippen LogP contribution in [0, 0.1) is 6.92 Å². The van der Waals surface area contributed by atoms with Gasteiger partial charge in [-0.2, -0.15) is 0 Å². The minimum absolute atomic E-state index is 0.0521. The molecule has 0 aromatic carbocycles. The molecular weight excluding hydrogens is 180 g/mol. The lowest BCUT2D eigenvalue weighted by molar-refractivity contribution is 0.306. The lowest BCUT2D eigenvalue weighted by Crippen LogP contribution is -2.38. The molecule has 2 rings (SSSR count). The van der Waals surface area contributed by atoms with Gasteiger partial charge < -0.3 is 5.73 Å². The van der Waals surface area contributed by atoms with Crippen LogP contribution in [0.5, 0.6) is 0 Å². The molecule has 1 saturated carbocycles. The maximum atomic E-state index is 6.40. The number of aryl methyl sites for hydroxylation is 1. The largest absolute Gasteiger partial charge is 0.321 e. The molecule has 3 heteroatoms. The predicted octanol–water partition coefficient (Wildman–Crippen LogP) is 2.57. The highest BCUT2D eigenvalue weighted by Crippen LogP contribution is 2.37. The topological polar surface area (TPSA) is 38.9 Å².